The van der Waals surface area contributed by atoms with E-state index in [9.17, 15) is 14.4 Å². The molecule has 3 amide bonds. The van der Waals surface area contributed by atoms with E-state index in [1.165, 1.54) is 22.7 Å². The Balaban J connectivity index is 1.48. The van der Waals surface area contributed by atoms with Crippen molar-refractivity contribution in [3.8, 4) is 11.1 Å². The maximum absolute atomic E-state index is 12.9. The number of amides is 3. The van der Waals surface area contributed by atoms with Crippen LogP contribution in [0.5, 0.6) is 0 Å². The van der Waals surface area contributed by atoms with Crippen LogP contribution in [0.15, 0.2) is 72.1 Å². The van der Waals surface area contributed by atoms with Gasteiger partial charge in [-0.25, -0.2) is 0 Å². The molecule has 2 aromatic heterocycles. The van der Waals surface area contributed by atoms with Crippen LogP contribution in [-0.4, -0.2) is 17.7 Å². The normalized spacial score (nSPS) is 10.6. The summed E-state index contributed by atoms with van der Waals surface area (Å²) in [7, 11) is 0. The first-order chi connectivity index (χ1) is 15.9. The lowest BCUT2D eigenvalue weighted by Gasteiger charge is -2.08. The second-order valence-corrected chi connectivity index (χ2v) is 9.45. The van der Waals surface area contributed by atoms with Crippen molar-refractivity contribution >= 4 is 45.4 Å². The van der Waals surface area contributed by atoms with E-state index in [1.807, 2.05) is 48.7 Å². The van der Waals surface area contributed by atoms with Crippen LogP contribution in [0.1, 0.15) is 40.8 Å². The monoisotopic (exact) mass is 475 g/mol. The molecule has 0 radical (unpaired) electrons. The molecular weight excluding hydrogens is 454 g/mol. The van der Waals surface area contributed by atoms with Gasteiger partial charge in [0.2, 0.25) is 0 Å². The molecule has 0 saturated heterocycles. The van der Waals surface area contributed by atoms with E-state index >= 15 is 0 Å². The highest BCUT2D eigenvalue weighted by atomic mass is 32.1. The van der Waals surface area contributed by atoms with Gasteiger partial charge in [-0.15, -0.1) is 22.7 Å². The second-order valence-electron chi connectivity index (χ2n) is 7.28. The lowest BCUT2D eigenvalue weighted by molar-refractivity contribution is 0.0952. The van der Waals surface area contributed by atoms with Crippen molar-refractivity contribution in [1.29, 1.82) is 0 Å². The molecule has 33 heavy (non-hydrogen) atoms. The Kier molecular flexibility index (Phi) is 6.67. The Hall–Kier alpha value is -3.75. The third-order valence-corrected chi connectivity index (χ3v) is 6.92. The molecule has 6 nitrogen and oxygen atoms in total. The molecule has 4 aromatic rings. The molecule has 0 bridgehead atoms. The molecule has 4 N–H and O–H groups in total. The molecule has 0 aliphatic rings. The fourth-order valence-electron chi connectivity index (χ4n) is 3.45. The van der Waals surface area contributed by atoms with Crippen LogP contribution in [0.3, 0.4) is 0 Å². The van der Waals surface area contributed by atoms with Crippen molar-refractivity contribution in [3.05, 3.63) is 98.6 Å². The van der Waals surface area contributed by atoms with Crippen LogP contribution < -0.4 is 16.4 Å². The standard InChI is InChI=1S/C25H21N3O3S2/c1-15-20(17-6-3-2-4-7-17)21(22(26)29)25(33-15)28-23(30)18-11-9-16(10-12-18)14-27-24(31)19-8-5-13-32-19/h2-13H,14H2,1H3,(H2,26,29)(H,27,31)(H,28,30). The van der Waals surface area contributed by atoms with Gasteiger partial charge in [-0.2, -0.15) is 0 Å². The van der Waals surface area contributed by atoms with E-state index in [1.54, 1.807) is 30.3 Å². The summed E-state index contributed by atoms with van der Waals surface area (Å²) in [5.74, 6) is -1.06. The van der Waals surface area contributed by atoms with Crippen LogP contribution in [0.2, 0.25) is 0 Å². The number of hydrogen-bond donors (Lipinski definition) is 3. The zero-order chi connectivity index (χ0) is 23.4. The highest BCUT2D eigenvalue weighted by molar-refractivity contribution is 7.17. The van der Waals surface area contributed by atoms with E-state index in [0.717, 1.165) is 21.6 Å². The molecule has 0 unspecified atom stereocenters. The van der Waals surface area contributed by atoms with Gasteiger partial charge in [0.15, 0.2) is 0 Å². The number of nitrogens with two attached hydrogens (primary N) is 1. The largest absolute Gasteiger partial charge is 0.365 e. The van der Waals surface area contributed by atoms with Gasteiger partial charge in [0.1, 0.15) is 5.00 Å². The summed E-state index contributed by atoms with van der Waals surface area (Å²) in [6.07, 6.45) is 0. The molecule has 4 rings (SSSR count). The molecule has 8 heteroatoms. The first-order valence-corrected chi connectivity index (χ1v) is 11.8. The number of aryl methyl sites for hydroxylation is 1. The quantitative estimate of drug-likeness (QED) is 0.348. The first-order valence-electron chi connectivity index (χ1n) is 10.1. The van der Waals surface area contributed by atoms with Crippen LogP contribution in [0, 0.1) is 6.92 Å². The molecule has 0 spiro atoms. The minimum atomic E-state index is -0.592. The van der Waals surface area contributed by atoms with Gasteiger partial charge in [-0.1, -0.05) is 48.5 Å². The Morgan fingerprint density at radius 3 is 2.27 bits per heavy atom. The second kappa shape index (κ2) is 9.81. The Morgan fingerprint density at radius 2 is 1.64 bits per heavy atom. The van der Waals surface area contributed by atoms with Gasteiger partial charge in [0.25, 0.3) is 17.7 Å². The lowest BCUT2D eigenvalue weighted by Crippen LogP contribution is -2.21. The minimum absolute atomic E-state index is 0.131. The van der Waals surface area contributed by atoms with Gasteiger partial charge in [0.05, 0.1) is 10.4 Å². The van der Waals surface area contributed by atoms with Crippen molar-refractivity contribution in [3.63, 3.8) is 0 Å². The SMILES string of the molecule is Cc1sc(NC(=O)c2ccc(CNC(=O)c3cccs3)cc2)c(C(N)=O)c1-c1ccccc1. The van der Waals surface area contributed by atoms with Crippen molar-refractivity contribution in [1.82, 2.24) is 5.32 Å². The summed E-state index contributed by atoms with van der Waals surface area (Å²) in [6, 6.07) is 20.0. The maximum Gasteiger partial charge on any atom is 0.261 e. The van der Waals surface area contributed by atoms with Crippen molar-refractivity contribution < 1.29 is 14.4 Å². The summed E-state index contributed by atoms with van der Waals surface area (Å²) < 4.78 is 0. The molecule has 0 saturated carbocycles. The number of carbonyl (C=O) groups is 3. The molecule has 0 atom stereocenters. The molecule has 0 fully saturated rings. The summed E-state index contributed by atoms with van der Waals surface area (Å²) >= 11 is 2.70. The zero-order valence-electron chi connectivity index (χ0n) is 17.8. The number of carbonyl (C=O) groups excluding carboxylic acids is 3. The van der Waals surface area contributed by atoms with E-state index in [4.69, 9.17) is 5.73 Å². The van der Waals surface area contributed by atoms with Gasteiger partial charge in [-0.3, -0.25) is 14.4 Å². The Bertz CT molecular complexity index is 1290. The number of hydrogen-bond acceptors (Lipinski definition) is 5. The molecule has 166 valence electrons. The van der Waals surface area contributed by atoms with Crippen LogP contribution in [0.4, 0.5) is 5.00 Å². The number of anilines is 1. The lowest BCUT2D eigenvalue weighted by atomic mass is 10.0. The van der Waals surface area contributed by atoms with E-state index in [2.05, 4.69) is 10.6 Å². The number of rotatable bonds is 7. The Morgan fingerprint density at radius 1 is 0.909 bits per heavy atom. The number of benzene rings is 2. The Labute approximate surface area is 199 Å². The van der Waals surface area contributed by atoms with Crippen LogP contribution in [0.25, 0.3) is 11.1 Å². The molecule has 0 aliphatic heterocycles. The predicted molar refractivity (Wildman–Crippen MR) is 133 cm³/mol. The van der Waals surface area contributed by atoms with Crippen LogP contribution in [-0.2, 0) is 6.54 Å². The van der Waals surface area contributed by atoms with E-state index < -0.39 is 5.91 Å². The summed E-state index contributed by atoms with van der Waals surface area (Å²) in [6.45, 7) is 2.25. The van der Waals surface area contributed by atoms with E-state index in [-0.39, 0.29) is 11.8 Å². The topological polar surface area (TPSA) is 101 Å². The van der Waals surface area contributed by atoms with Gasteiger partial charge in [-0.05, 0) is 41.6 Å². The zero-order valence-corrected chi connectivity index (χ0v) is 19.4. The number of primary amides is 1. The van der Waals surface area contributed by atoms with Gasteiger partial charge < -0.3 is 16.4 Å². The number of thiophene rings is 2. The third kappa shape index (κ3) is 5.02. The smallest absolute Gasteiger partial charge is 0.261 e. The molecule has 0 aliphatic carbocycles. The minimum Gasteiger partial charge on any atom is -0.365 e. The average Bonchev–Trinajstić information content (AvgIpc) is 3.46. The van der Waals surface area contributed by atoms with Gasteiger partial charge in [0, 0.05) is 22.5 Å². The highest BCUT2D eigenvalue weighted by Crippen LogP contribution is 2.39. The molecule has 2 heterocycles. The average molecular weight is 476 g/mol. The predicted octanol–water partition coefficient (Wildman–Crippen LogP) is 5.07. The first kappa shape index (κ1) is 22.4. The third-order valence-electron chi connectivity index (χ3n) is 5.03. The summed E-state index contributed by atoms with van der Waals surface area (Å²) in [4.78, 5) is 38.7. The fraction of sp³-hybridized carbons (Fsp3) is 0.0800. The summed E-state index contributed by atoms with van der Waals surface area (Å²) in [5.41, 5.74) is 8.90. The highest BCUT2D eigenvalue weighted by Gasteiger charge is 2.23. The molecule has 2 aromatic carbocycles. The van der Waals surface area contributed by atoms with Crippen LogP contribution >= 0.6 is 22.7 Å². The molecular formula is C25H21N3O3S2. The van der Waals surface area contributed by atoms with Crippen molar-refractivity contribution in [2.75, 3.05) is 5.32 Å². The van der Waals surface area contributed by atoms with Crippen molar-refractivity contribution in [2.24, 2.45) is 5.73 Å². The summed E-state index contributed by atoms with van der Waals surface area (Å²) in [5, 5.41) is 7.97. The fourth-order valence-corrected chi connectivity index (χ4v) is 5.16. The number of nitrogens with one attached hydrogen (secondary N) is 2. The maximum atomic E-state index is 12.9. The van der Waals surface area contributed by atoms with Crippen molar-refractivity contribution in [2.45, 2.75) is 13.5 Å². The van der Waals surface area contributed by atoms with Gasteiger partial charge >= 0.3 is 0 Å². The van der Waals surface area contributed by atoms with E-state index in [0.29, 0.717) is 27.5 Å².